The van der Waals surface area contributed by atoms with E-state index in [9.17, 15) is 4.79 Å². The van der Waals surface area contributed by atoms with Crippen LogP contribution in [0.2, 0.25) is 10.2 Å². The molecular weight excluding hydrogens is 461 g/mol. The molecule has 1 aliphatic heterocycles. The number of aryl methyl sites for hydroxylation is 1. The smallest absolute Gasteiger partial charge is 0.226 e. The molecule has 1 unspecified atom stereocenters. The lowest BCUT2D eigenvalue weighted by Gasteiger charge is -2.26. The Kier molecular flexibility index (Phi) is 5.74. The van der Waals surface area contributed by atoms with Crippen LogP contribution in [0.5, 0.6) is 5.75 Å². The largest absolute Gasteiger partial charge is 0.489 e. The number of aromatic nitrogens is 4. The minimum Gasteiger partial charge on any atom is -0.489 e. The number of amides is 1. The molecule has 2 aromatic carbocycles. The van der Waals surface area contributed by atoms with Gasteiger partial charge < -0.3 is 10.1 Å². The Morgan fingerprint density at radius 3 is 2.64 bits per heavy atom. The number of hydrogen-bond donors (Lipinski definition) is 1. The van der Waals surface area contributed by atoms with Crippen molar-refractivity contribution in [3.05, 3.63) is 93.2 Å². The third-order valence-corrected chi connectivity index (χ3v) is 6.14. The second-order valence-corrected chi connectivity index (χ2v) is 8.49. The quantitative estimate of drug-likeness (QED) is 0.418. The first kappa shape index (κ1) is 21.4. The molecule has 0 radical (unpaired) electrons. The lowest BCUT2D eigenvalue weighted by molar-refractivity contribution is -0.116. The number of halogens is 2. The van der Waals surface area contributed by atoms with E-state index in [-0.39, 0.29) is 23.4 Å². The lowest BCUT2D eigenvalue weighted by Crippen LogP contribution is -2.25. The van der Waals surface area contributed by atoms with Crippen LogP contribution in [0.1, 0.15) is 34.7 Å². The van der Waals surface area contributed by atoms with Gasteiger partial charge in [-0.25, -0.2) is 0 Å². The second-order valence-electron chi connectivity index (χ2n) is 7.70. The molecule has 1 N–H and O–H groups in total. The molecule has 0 aliphatic carbocycles. The van der Waals surface area contributed by atoms with Crippen molar-refractivity contribution in [3.63, 3.8) is 0 Å². The molecule has 7 nitrogen and oxygen atoms in total. The average Bonchev–Trinajstić information content (AvgIpc) is 3.15. The molecular formula is C24H19Cl2N5O2. The summed E-state index contributed by atoms with van der Waals surface area (Å²) in [6, 6.07) is 18.6. The van der Waals surface area contributed by atoms with Crippen molar-refractivity contribution in [3.8, 4) is 11.6 Å². The SMILES string of the molecule is Cc1nn(-c2ccc(Cl)nn2)c2c1C(c1ccccc1OCc1ccccc1Cl)CC(=O)N2. The molecule has 1 atom stereocenters. The Balaban J connectivity index is 1.54. The number of ether oxygens (including phenoxy) is 1. The van der Waals surface area contributed by atoms with Crippen LogP contribution in [0.3, 0.4) is 0 Å². The van der Waals surface area contributed by atoms with Crippen LogP contribution in [0, 0.1) is 6.92 Å². The van der Waals surface area contributed by atoms with Gasteiger partial charge in [-0.3, -0.25) is 4.79 Å². The molecule has 1 aliphatic rings. The van der Waals surface area contributed by atoms with Gasteiger partial charge in [0.2, 0.25) is 5.91 Å². The van der Waals surface area contributed by atoms with E-state index in [0.717, 1.165) is 22.4 Å². The van der Waals surface area contributed by atoms with Gasteiger partial charge in [-0.2, -0.15) is 9.78 Å². The number of hydrogen-bond acceptors (Lipinski definition) is 5. The van der Waals surface area contributed by atoms with Gasteiger partial charge in [0.25, 0.3) is 0 Å². The predicted octanol–water partition coefficient (Wildman–Crippen LogP) is 5.33. The van der Waals surface area contributed by atoms with Crippen LogP contribution < -0.4 is 10.1 Å². The fraction of sp³-hybridized carbons (Fsp3) is 0.167. The summed E-state index contributed by atoms with van der Waals surface area (Å²) in [6.45, 7) is 2.23. The Hall–Kier alpha value is -3.42. The van der Waals surface area contributed by atoms with Crippen LogP contribution in [0.25, 0.3) is 5.82 Å². The number of nitrogens with one attached hydrogen (secondary N) is 1. The van der Waals surface area contributed by atoms with Crippen LogP contribution in [0.4, 0.5) is 5.82 Å². The Morgan fingerprint density at radius 2 is 1.85 bits per heavy atom. The van der Waals surface area contributed by atoms with Crippen molar-refractivity contribution in [2.45, 2.75) is 25.9 Å². The van der Waals surface area contributed by atoms with Gasteiger partial charge in [-0.1, -0.05) is 59.6 Å². The summed E-state index contributed by atoms with van der Waals surface area (Å²) in [5.74, 6) is 1.39. The van der Waals surface area contributed by atoms with Crippen LogP contribution in [-0.2, 0) is 11.4 Å². The average molecular weight is 480 g/mol. The number of para-hydroxylation sites is 1. The predicted molar refractivity (Wildman–Crippen MR) is 126 cm³/mol. The topological polar surface area (TPSA) is 81.9 Å². The van der Waals surface area contributed by atoms with Crippen LogP contribution in [0.15, 0.2) is 60.7 Å². The molecule has 0 saturated heterocycles. The molecule has 0 fully saturated rings. The van der Waals surface area contributed by atoms with Crippen molar-refractivity contribution >= 4 is 34.9 Å². The highest BCUT2D eigenvalue weighted by Crippen LogP contribution is 2.43. The summed E-state index contributed by atoms with van der Waals surface area (Å²) in [5, 5.41) is 16.5. The number of carbonyl (C=O) groups is 1. The zero-order chi connectivity index (χ0) is 22.9. The van der Waals surface area contributed by atoms with Crippen molar-refractivity contribution in [1.29, 1.82) is 0 Å². The fourth-order valence-electron chi connectivity index (χ4n) is 4.07. The van der Waals surface area contributed by atoms with E-state index < -0.39 is 0 Å². The molecule has 5 rings (SSSR count). The Labute approximate surface area is 200 Å². The minimum absolute atomic E-state index is 0.114. The summed E-state index contributed by atoms with van der Waals surface area (Å²) in [7, 11) is 0. The maximum Gasteiger partial charge on any atom is 0.226 e. The van der Waals surface area contributed by atoms with Crippen molar-refractivity contribution in [2.75, 3.05) is 5.32 Å². The highest BCUT2D eigenvalue weighted by Gasteiger charge is 2.34. The van der Waals surface area contributed by atoms with E-state index in [0.29, 0.717) is 29.0 Å². The highest BCUT2D eigenvalue weighted by atomic mass is 35.5. The summed E-state index contributed by atoms with van der Waals surface area (Å²) in [5.41, 5.74) is 3.50. The van der Waals surface area contributed by atoms with Gasteiger partial charge in [0.1, 0.15) is 18.2 Å². The molecule has 33 heavy (non-hydrogen) atoms. The summed E-state index contributed by atoms with van der Waals surface area (Å²) < 4.78 is 7.76. The number of nitrogens with zero attached hydrogens (tertiary/aromatic N) is 4. The molecule has 166 valence electrons. The number of anilines is 1. The maximum atomic E-state index is 12.7. The van der Waals surface area contributed by atoms with E-state index >= 15 is 0 Å². The zero-order valence-electron chi connectivity index (χ0n) is 17.6. The third kappa shape index (κ3) is 4.17. The minimum atomic E-state index is -0.231. The summed E-state index contributed by atoms with van der Waals surface area (Å²) in [4.78, 5) is 12.7. The van der Waals surface area contributed by atoms with Gasteiger partial charge in [-0.05, 0) is 31.2 Å². The Morgan fingerprint density at radius 1 is 1.06 bits per heavy atom. The van der Waals surface area contributed by atoms with E-state index in [4.69, 9.17) is 27.9 Å². The van der Waals surface area contributed by atoms with Crippen molar-refractivity contribution in [1.82, 2.24) is 20.0 Å². The van der Waals surface area contributed by atoms with Crippen LogP contribution in [-0.4, -0.2) is 25.9 Å². The number of benzene rings is 2. The van der Waals surface area contributed by atoms with E-state index in [1.165, 1.54) is 0 Å². The van der Waals surface area contributed by atoms with Gasteiger partial charge in [0.15, 0.2) is 11.0 Å². The maximum absolute atomic E-state index is 12.7. The van der Waals surface area contributed by atoms with E-state index in [1.54, 1.807) is 16.8 Å². The fourth-order valence-corrected chi connectivity index (χ4v) is 4.36. The molecule has 1 amide bonds. The van der Waals surface area contributed by atoms with Gasteiger partial charge >= 0.3 is 0 Å². The molecule has 3 heterocycles. The standard InChI is InChI=1S/C24H19Cl2N5O2/c1-14-23-17(12-22(32)27-24(23)31(30-14)21-11-10-20(26)28-29-21)16-7-3-5-9-19(16)33-13-15-6-2-4-8-18(15)25/h2-11,17H,12-13H2,1H3,(H,27,32). The summed E-state index contributed by atoms with van der Waals surface area (Å²) >= 11 is 12.2. The molecule has 0 saturated carbocycles. The van der Waals surface area contributed by atoms with E-state index in [2.05, 4.69) is 20.6 Å². The molecule has 0 bridgehead atoms. The third-order valence-electron chi connectivity index (χ3n) is 5.57. The first-order valence-electron chi connectivity index (χ1n) is 10.4. The molecule has 0 spiro atoms. The van der Waals surface area contributed by atoms with Crippen molar-refractivity contribution < 1.29 is 9.53 Å². The van der Waals surface area contributed by atoms with E-state index in [1.807, 2.05) is 55.5 Å². The lowest BCUT2D eigenvalue weighted by atomic mass is 9.85. The normalized spacial score (nSPS) is 15.1. The first-order valence-corrected chi connectivity index (χ1v) is 11.1. The second kappa shape index (κ2) is 8.84. The van der Waals surface area contributed by atoms with Crippen molar-refractivity contribution in [2.24, 2.45) is 0 Å². The van der Waals surface area contributed by atoms with Gasteiger partial charge in [0.05, 0.1) is 5.69 Å². The first-order chi connectivity index (χ1) is 16.0. The number of fused-ring (bicyclic) bond motifs is 1. The highest BCUT2D eigenvalue weighted by molar-refractivity contribution is 6.31. The van der Waals surface area contributed by atoms with Crippen LogP contribution >= 0.6 is 23.2 Å². The molecule has 2 aromatic heterocycles. The zero-order valence-corrected chi connectivity index (χ0v) is 19.1. The van der Waals surface area contributed by atoms with Gasteiger partial charge in [-0.15, -0.1) is 10.2 Å². The van der Waals surface area contributed by atoms with Gasteiger partial charge in [0, 0.05) is 34.1 Å². The summed E-state index contributed by atoms with van der Waals surface area (Å²) in [6.07, 6.45) is 0.276. The molecule has 9 heteroatoms. The molecule has 4 aromatic rings. The monoisotopic (exact) mass is 479 g/mol. The number of rotatable bonds is 5. The number of carbonyl (C=O) groups excluding carboxylic acids is 1. The Bertz CT molecular complexity index is 1340.